The van der Waals surface area contributed by atoms with Crippen LogP contribution >= 0.6 is 11.3 Å². The summed E-state index contributed by atoms with van der Waals surface area (Å²) >= 11 is 1.36. The number of thiazole rings is 1. The van der Waals surface area contributed by atoms with E-state index in [0.29, 0.717) is 36.4 Å². The minimum Gasteiger partial charge on any atom is -0.386 e. The molecule has 3 aromatic rings. The van der Waals surface area contributed by atoms with Gasteiger partial charge in [0.1, 0.15) is 16.8 Å². The molecular formula is C23H24F3N5O2S. The van der Waals surface area contributed by atoms with E-state index in [9.17, 15) is 23.1 Å². The van der Waals surface area contributed by atoms with E-state index in [4.69, 9.17) is 5.73 Å². The molecule has 1 aromatic carbocycles. The maximum atomic E-state index is 12.9. The molecule has 34 heavy (non-hydrogen) atoms. The van der Waals surface area contributed by atoms with Gasteiger partial charge in [-0.3, -0.25) is 4.79 Å². The summed E-state index contributed by atoms with van der Waals surface area (Å²) in [6.07, 6.45) is 0.197. The van der Waals surface area contributed by atoms with Crippen molar-refractivity contribution >= 4 is 28.9 Å². The molecule has 1 saturated carbocycles. The number of hydrogen-bond acceptors (Lipinski definition) is 7. The number of nitrogens with zero attached hydrogens (tertiary/aromatic N) is 3. The van der Waals surface area contributed by atoms with Crippen molar-refractivity contribution in [3.63, 3.8) is 0 Å². The van der Waals surface area contributed by atoms with Crippen molar-refractivity contribution in [1.29, 1.82) is 0 Å². The number of alkyl halides is 3. The van der Waals surface area contributed by atoms with Crippen LogP contribution in [0.15, 0.2) is 36.7 Å². The van der Waals surface area contributed by atoms with Crippen LogP contribution in [0.4, 0.5) is 24.8 Å². The SMILES string of the molecule is Cc1cc(Nc2nccc(C(F)(F)F)n2)cc(-c2cnc([C@@H](O)C3CCC(C(N)=O)CC3)s2)c1. The quantitative estimate of drug-likeness (QED) is 0.447. The van der Waals surface area contributed by atoms with Crippen molar-refractivity contribution in [2.45, 2.75) is 44.9 Å². The first kappa shape index (κ1) is 24.1. The second-order valence-electron chi connectivity index (χ2n) is 8.50. The average molecular weight is 492 g/mol. The van der Waals surface area contributed by atoms with Crippen LogP contribution in [0, 0.1) is 18.8 Å². The predicted octanol–water partition coefficient (Wildman–Crippen LogP) is 5.00. The molecule has 1 aliphatic carbocycles. The maximum absolute atomic E-state index is 12.9. The van der Waals surface area contributed by atoms with Gasteiger partial charge in [0.25, 0.3) is 0 Å². The molecule has 180 valence electrons. The van der Waals surface area contributed by atoms with Gasteiger partial charge in [-0.1, -0.05) is 6.07 Å². The first-order valence-corrected chi connectivity index (χ1v) is 11.6. The number of aryl methyl sites for hydroxylation is 1. The van der Waals surface area contributed by atoms with E-state index < -0.39 is 18.0 Å². The third kappa shape index (κ3) is 5.53. The van der Waals surface area contributed by atoms with E-state index in [-0.39, 0.29) is 23.7 Å². The zero-order chi connectivity index (χ0) is 24.5. The van der Waals surface area contributed by atoms with Crippen molar-refractivity contribution in [2.24, 2.45) is 17.6 Å². The van der Waals surface area contributed by atoms with E-state index in [1.807, 2.05) is 13.0 Å². The largest absolute Gasteiger partial charge is 0.433 e. The first-order valence-electron chi connectivity index (χ1n) is 10.8. The van der Waals surface area contributed by atoms with Crippen LogP contribution in [0.2, 0.25) is 0 Å². The van der Waals surface area contributed by atoms with Gasteiger partial charge >= 0.3 is 6.18 Å². The van der Waals surface area contributed by atoms with Crippen molar-refractivity contribution in [2.75, 3.05) is 5.32 Å². The molecule has 0 radical (unpaired) electrons. The summed E-state index contributed by atoms with van der Waals surface area (Å²) in [5, 5.41) is 14.3. The Morgan fingerprint density at radius 3 is 2.62 bits per heavy atom. The number of rotatable bonds is 6. The summed E-state index contributed by atoms with van der Waals surface area (Å²) in [6.45, 7) is 1.87. The lowest BCUT2D eigenvalue weighted by atomic mass is 9.79. The minimum atomic E-state index is -4.56. The van der Waals surface area contributed by atoms with Crippen LogP contribution in [0.3, 0.4) is 0 Å². The molecule has 2 heterocycles. The van der Waals surface area contributed by atoms with Crippen molar-refractivity contribution in [1.82, 2.24) is 15.0 Å². The molecule has 4 rings (SSSR count). The number of carbonyl (C=O) groups excluding carboxylic acids is 1. The molecule has 2 aromatic heterocycles. The molecule has 0 saturated heterocycles. The van der Waals surface area contributed by atoms with Gasteiger partial charge in [0.05, 0.1) is 4.88 Å². The third-order valence-electron chi connectivity index (χ3n) is 5.96. The highest BCUT2D eigenvalue weighted by Crippen LogP contribution is 2.40. The zero-order valence-corrected chi connectivity index (χ0v) is 19.2. The van der Waals surface area contributed by atoms with Crippen molar-refractivity contribution in [3.05, 3.63) is 52.9 Å². The number of halogens is 3. The van der Waals surface area contributed by atoms with Crippen LogP contribution in [0.25, 0.3) is 10.4 Å². The van der Waals surface area contributed by atoms with Crippen molar-refractivity contribution < 1.29 is 23.1 Å². The Balaban J connectivity index is 1.50. The first-order chi connectivity index (χ1) is 16.1. The van der Waals surface area contributed by atoms with Gasteiger partial charge in [-0.25, -0.2) is 15.0 Å². The number of nitrogens with one attached hydrogen (secondary N) is 1. The molecule has 1 aliphatic rings. The topological polar surface area (TPSA) is 114 Å². The Labute approximate surface area is 198 Å². The number of aliphatic hydroxyl groups is 1. The average Bonchev–Trinajstić information content (AvgIpc) is 3.28. The number of amides is 1. The summed E-state index contributed by atoms with van der Waals surface area (Å²) in [6, 6.07) is 6.30. The molecule has 4 N–H and O–H groups in total. The maximum Gasteiger partial charge on any atom is 0.433 e. The summed E-state index contributed by atoms with van der Waals surface area (Å²) in [5.74, 6) is -0.557. The fourth-order valence-corrected chi connectivity index (χ4v) is 5.17. The van der Waals surface area contributed by atoms with Gasteiger partial charge in [0, 0.05) is 24.0 Å². The number of anilines is 2. The molecule has 1 atom stereocenters. The number of primary amides is 1. The molecule has 11 heteroatoms. The fourth-order valence-electron chi connectivity index (χ4n) is 4.18. The van der Waals surface area contributed by atoms with E-state index in [2.05, 4.69) is 20.3 Å². The third-order valence-corrected chi connectivity index (χ3v) is 7.08. The van der Waals surface area contributed by atoms with Gasteiger partial charge in [-0.2, -0.15) is 13.2 Å². The van der Waals surface area contributed by atoms with Gasteiger partial charge in [0.15, 0.2) is 0 Å². The Bertz CT molecular complexity index is 1180. The summed E-state index contributed by atoms with van der Waals surface area (Å²) in [7, 11) is 0. The van der Waals surface area contributed by atoms with Gasteiger partial charge in [-0.05, 0) is 67.9 Å². The Kier molecular flexibility index (Phi) is 6.85. The number of aromatic nitrogens is 3. The molecule has 7 nitrogen and oxygen atoms in total. The number of benzene rings is 1. The lowest BCUT2D eigenvalue weighted by molar-refractivity contribution is -0.141. The Hall–Kier alpha value is -3.05. The Morgan fingerprint density at radius 1 is 1.21 bits per heavy atom. The standard InChI is InChI=1S/C23H24F3N5O2S/c1-12-8-15(10-16(9-12)30-22-28-7-6-18(31-22)23(24,25)26)17-11-29-21(34-17)19(32)13-2-4-14(5-3-13)20(27)33/h6-11,13-14,19,32H,2-5H2,1H3,(H2,27,33)(H,28,30,31)/t13?,14?,19-/m0/s1. The van der Waals surface area contributed by atoms with E-state index in [1.165, 1.54) is 11.3 Å². The highest BCUT2D eigenvalue weighted by Gasteiger charge is 2.33. The fraction of sp³-hybridized carbons (Fsp3) is 0.391. The molecule has 1 fully saturated rings. The number of hydrogen-bond donors (Lipinski definition) is 3. The highest BCUT2D eigenvalue weighted by atomic mass is 32.1. The van der Waals surface area contributed by atoms with E-state index in [1.54, 1.807) is 18.3 Å². The van der Waals surface area contributed by atoms with Crippen molar-refractivity contribution in [3.8, 4) is 10.4 Å². The van der Waals surface area contributed by atoms with E-state index >= 15 is 0 Å². The lowest BCUT2D eigenvalue weighted by Crippen LogP contribution is -2.29. The number of nitrogens with two attached hydrogens (primary N) is 1. The monoisotopic (exact) mass is 491 g/mol. The molecule has 0 aliphatic heterocycles. The molecule has 0 unspecified atom stereocenters. The number of aliphatic hydroxyl groups excluding tert-OH is 1. The second kappa shape index (κ2) is 9.67. The molecule has 1 amide bonds. The number of carbonyl (C=O) groups is 1. The van der Waals surface area contributed by atoms with Gasteiger partial charge < -0.3 is 16.2 Å². The molecule has 0 bridgehead atoms. The smallest absolute Gasteiger partial charge is 0.386 e. The summed E-state index contributed by atoms with van der Waals surface area (Å²) in [4.78, 5) is 24.0. The minimum absolute atomic E-state index is 0.0161. The van der Waals surface area contributed by atoms with Crippen LogP contribution in [0.5, 0.6) is 0 Å². The summed E-state index contributed by atoms with van der Waals surface area (Å²) < 4.78 is 38.8. The van der Waals surface area contributed by atoms with Crippen LogP contribution in [-0.4, -0.2) is 26.0 Å². The lowest BCUT2D eigenvalue weighted by Gasteiger charge is -2.29. The molecule has 0 spiro atoms. The Morgan fingerprint density at radius 2 is 1.94 bits per heavy atom. The van der Waals surface area contributed by atoms with Crippen LogP contribution < -0.4 is 11.1 Å². The zero-order valence-electron chi connectivity index (χ0n) is 18.3. The molecular weight excluding hydrogens is 467 g/mol. The van der Waals surface area contributed by atoms with Crippen LogP contribution in [-0.2, 0) is 11.0 Å². The van der Waals surface area contributed by atoms with Gasteiger partial charge in [-0.15, -0.1) is 11.3 Å². The summed E-state index contributed by atoms with van der Waals surface area (Å²) in [5.41, 5.74) is 6.59. The highest BCUT2D eigenvalue weighted by molar-refractivity contribution is 7.15. The predicted molar refractivity (Wildman–Crippen MR) is 122 cm³/mol. The second-order valence-corrected chi connectivity index (χ2v) is 9.56. The van der Waals surface area contributed by atoms with Gasteiger partial charge in [0.2, 0.25) is 11.9 Å². The van der Waals surface area contributed by atoms with Crippen LogP contribution in [0.1, 0.15) is 48.1 Å². The van der Waals surface area contributed by atoms with E-state index in [0.717, 1.165) is 28.3 Å². The normalized spacial score (nSPS) is 19.6.